The molecule has 2 atom stereocenters. The summed E-state index contributed by atoms with van der Waals surface area (Å²) in [5.74, 6) is 0.836. The molecular weight excluding hydrogens is 592 g/mol. The molecule has 0 fully saturated rings. The van der Waals surface area contributed by atoms with Gasteiger partial charge in [-0.25, -0.2) is 4.99 Å². The first-order valence-electron chi connectivity index (χ1n) is 16.1. The molecule has 2 unspecified atom stereocenters. The van der Waals surface area contributed by atoms with Crippen molar-refractivity contribution in [2.75, 3.05) is 0 Å². The highest BCUT2D eigenvalue weighted by Crippen LogP contribution is 2.38. The smallest absolute Gasteiger partial charge is 0.153 e. The number of para-hydroxylation sites is 1. The second-order valence-electron chi connectivity index (χ2n) is 12.2. The molecule has 9 aromatic rings. The summed E-state index contributed by atoms with van der Waals surface area (Å²) in [4.78, 5) is 9.94. The fourth-order valence-electron chi connectivity index (χ4n) is 7.24. The monoisotopic (exact) mass is 620 g/mol. The lowest BCUT2D eigenvalue weighted by molar-refractivity contribution is 0.411. The van der Waals surface area contributed by atoms with Crippen LogP contribution in [0.4, 0.5) is 0 Å². The van der Waals surface area contributed by atoms with E-state index in [0.29, 0.717) is 0 Å². The Balaban J connectivity index is 1.11. The van der Waals surface area contributed by atoms with Gasteiger partial charge in [-0.3, -0.25) is 10.3 Å². The van der Waals surface area contributed by atoms with Gasteiger partial charge in [-0.15, -0.1) is 0 Å². The molecule has 1 aliphatic heterocycles. The lowest BCUT2D eigenvalue weighted by atomic mass is 9.95. The van der Waals surface area contributed by atoms with Gasteiger partial charge in [-0.05, 0) is 63.9 Å². The first-order chi connectivity index (χ1) is 23.8. The molecule has 6 nitrogen and oxygen atoms in total. The topological polar surface area (TPSA) is 75.6 Å². The minimum atomic E-state index is -0.255. The Hall–Kier alpha value is -6.24. The van der Waals surface area contributed by atoms with Gasteiger partial charge in [0.2, 0.25) is 0 Å². The maximum Gasteiger partial charge on any atom is 0.153 e. The summed E-state index contributed by atoms with van der Waals surface area (Å²) >= 11 is 0. The second kappa shape index (κ2) is 10.7. The average molecular weight is 621 g/mol. The Morgan fingerprint density at radius 1 is 0.562 bits per heavy atom. The SMILES string of the molecule is c1ccc(C2N=C(c3cccc4cc(-c5cccc6oc7cccnc7c56)ccc34)NC(c3cccc4oc5ccccc5c34)N2)cc1. The standard InChI is InChI=1S/C42H28N4O2/c1-2-10-25(11-3-1)40-44-41(46-42(45-40)32-16-8-18-34-37(32)31-13-4-5-17-33(31)47-34)30-15-6-12-26-24-27(21-22-28(26)30)29-14-7-19-35-38(29)39-36(48-35)20-9-23-43-39/h1-24,40,42,45H,(H,44,46). The first kappa shape index (κ1) is 26.9. The Labute approximate surface area is 275 Å². The Morgan fingerprint density at radius 3 is 2.25 bits per heavy atom. The third-order valence-electron chi connectivity index (χ3n) is 9.43. The zero-order valence-electron chi connectivity index (χ0n) is 25.7. The number of amidine groups is 1. The molecule has 3 aromatic heterocycles. The number of benzene rings is 6. The first-order valence-corrected chi connectivity index (χ1v) is 16.1. The summed E-state index contributed by atoms with van der Waals surface area (Å²) < 4.78 is 12.4. The number of fused-ring (bicyclic) bond motifs is 7. The Kier molecular flexibility index (Phi) is 5.98. The van der Waals surface area contributed by atoms with E-state index in [1.165, 1.54) is 0 Å². The lowest BCUT2D eigenvalue weighted by Gasteiger charge is -2.32. The van der Waals surface area contributed by atoms with Gasteiger partial charge in [0.15, 0.2) is 5.58 Å². The van der Waals surface area contributed by atoms with E-state index >= 15 is 0 Å². The Bertz CT molecular complexity index is 2710. The molecular formula is C42H28N4O2. The maximum absolute atomic E-state index is 6.26. The van der Waals surface area contributed by atoms with Crippen molar-refractivity contribution in [2.45, 2.75) is 12.3 Å². The van der Waals surface area contributed by atoms with Crippen molar-refractivity contribution in [1.29, 1.82) is 0 Å². The van der Waals surface area contributed by atoms with Crippen molar-refractivity contribution in [1.82, 2.24) is 15.6 Å². The minimum absolute atomic E-state index is 0.221. The van der Waals surface area contributed by atoms with Crippen molar-refractivity contribution >= 4 is 60.6 Å². The van der Waals surface area contributed by atoms with Gasteiger partial charge in [0.05, 0.1) is 5.39 Å². The van der Waals surface area contributed by atoms with Crippen LogP contribution in [0.2, 0.25) is 0 Å². The summed E-state index contributed by atoms with van der Waals surface area (Å²) in [7, 11) is 0. The van der Waals surface area contributed by atoms with E-state index in [4.69, 9.17) is 13.8 Å². The highest BCUT2D eigenvalue weighted by atomic mass is 16.3. The number of nitrogens with one attached hydrogen (secondary N) is 2. The summed E-state index contributed by atoms with van der Waals surface area (Å²) in [6, 6.07) is 48.1. The third kappa shape index (κ3) is 4.24. The number of aliphatic imine (C=N–C) groups is 1. The molecule has 48 heavy (non-hydrogen) atoms. The molecule has 2 N–H and O–H groups in total. The van der Waals surface area contributed by atoms with Crippen LogP contribution < -0.4 is 10.6 Å². The highest BCUT2D eigenvalue weighted by Gasteiger charge is 2.28. The number of rotatable bonds is 4. The van der Waals surface area contributed by atoms with Crippen LogP contribution >= 0.6 is 0 Å². The summed E-state index contributed by atoms with van der Waals surface area (Å²) in [5, 5.41) is 13.0. The predicted molar refractivity (Wildman–Crippen MR) is 193 cm³/mol. The van der Waals surface area contributed by atoms with Crippen molar-refractivity contribution in [2.24, 2.45) is 4.99 Å². The van der Waals surface area contributed by atoms with E-state index in [-0.39, 0.29) is 12.3 Å². The maximum atomic E-state index is 6.26. The number of hydrogen-bond donors (Lipinski definition) is 2. The Morgan fingerprint density at radius 2 is 1.31 bits per heavy atom. The van der Waals surface area contributed by atoms with Crippen LogP contribution in [0.5, 0.6) is 0 Å². The van der Waals surface area contributed by atoms with Crippen molar-refractivity contribution in [3.63, 3.8) is 0 Å². The van der Waals surface area contributed by atoms with Crippen molar-refractivity contribution in [3.05, 3.63) is 162 Å². The summed E-state index contributed by atoms with van der Waals surface area (Å²) in [5.41, 5.74) is 9.71. The van der Waals surface area contributed by atoms with E-state index in [1.807, 2.05) is 54.7 Å². The molecule has 0 saturated heterocycles. The number of furan rings is 2. The zero-order valence-corrected chi connectivity index (χ0v) is 25.7. The van der Waals surface area contributed by atoms with Gasteiger partial charge in [0.25, 0.3) is 0 Å². The summed E-state index contributed by atoms with van der Waals surface area (Å²) in [6.45, 7) is 0. The molecule has 4 heterocycles. The second-order valence-corrected chi connectivity index (χ2v) is 12.2. The van der Waals surface area contributed by atoms with Crippen LogP contribution in [-0.2, 0) is 0 Å². The minimum Gasteiger partial charge on any atom is -0.456 e. The summed E-state index contributed by atoms with van der Waals surface area (Å²) in [6.07, 6.45) is 1.34. The fourth-order valence-corrected chi connectivity index (χ4v) is 7.24. The van der Waals surface area contributed by atoms with E-state index < -0.39 is 0 Å². The molecule has 6 heteroatoms. The molecule has 0 spiro atoms. The van der Waals surface area contributed by atoms with E-state index in [1.54, 1.807) is 0 Å². The molecule has 0 saturated carbocycles. The largest absolute Gasteiger partial charge is 0.456 e. The molecule has 6 aromatic carbocycles. The number of hydrogen-bond acceptors (Lipinski definition) is 6. The number of aromatic nitrogens is 1. The quantitative estimate of drug-likeness (QED) is 0.205. The van der Waals surface area contributed by atoms with Gasteiger partial charge in [-0.2, -0.15) is 0 Å². The van der Waals surface area contributed by atoms with Gasteiger partial charge in [-0.1, -0.05) is 103 Å². The average Bonchev–Trinajstić information content (AvgIpc) is 3.73. The van der Waals surface area contributed by atoms with Gasteiger partial charge >= 0.3 is 0 Å². The molecule has 0 amide bonds. The van der Waals surface area contributed by atoms with Crippen LogP contribution in [0.15, 0.2) is 160 Å². The predicted octanol–water partition coefficient (Wildman–Crippen LogP) is 10.0. The molecule has 0 radical (unpaired) electrons. The van der Waals surface area contributed by atoms with Crippen LogP contribution in [0.1, 0.15) is 29.0 Å². The van der Waals surface area contributed by atoms with E-state index in [0.717, 1.165) is 88.4 Å². The van der Waals surface area contributed by atoms with Gasteiger partial charge in [0, 0.05) is 28.1 Å². The number of nitrogens with zero attached hydrogens (tertiary/aromatic N) is 2. The molecule has 228 valence electrons. The van der Waals surface area contributed by atoms with Gasteiger partial charge in [0.1, 0.15) is 40.4 Å². The highest BCUT2D eigenvalue weighted by molar-refractivity contribution is 6.14. The fraction of sp³-hybridized carbons (Fsp3) is 0.0476. The molecule has 0 bridgehead atoms. The third-order valence-corrected chi connectivity index (χ3v) is 9.43. The van der Waals surface area contributed by atoms with Crippen LogP contribution in [-0.4, -0.2) is 10.8 Å². The molecule has 1 aliphatic rings. The van der Waals surface area contributed by atoms with Gasteiger partial charge < -0.3 is 14.2 Å². The van der Waals surface area contributed by atoms with Crippen molar-refractivity contribution < 1.29 is 8.83 Å². The normalized spacial score (nSPS) is 16.5. The van der Waals surface area contributed by atoms with Crippen LogP contribution in [0.3, 0.4) is 0 Å². The number of pyridine rings is 1. The van der Waals surface area contributed by atoms with E-state index in [2.05, 4.69) is 107 Å². The van der Waals surface area contributed by atoms with Crippen LogP contribution in [0, 0.1) is 0 Å². The van der Waals surface area contributed by atoms with E-state index in [9.17, 15) is 0 Å². The molecule has 10 rings (SSSR count). The lowest BCUT2D eigenvalue weighted by Crippen LogP contribution is -2.45. The molecule has 0 aliphatic carbocycles. The van der Waals surface area contributed by atoms with Crippen molar-refractivity contribution in [3.8, 4) is 11.1 Å². The zero-order chi connectivity index (χ0) is 31.6. The van der Waals surface area contributed by atoms with Crippen LogP contribution in [0.25, 0.3) is 65.9 Å².